The first-order valence-electron chi connectivity index (χ1n) is 8.88. The summed E-state index contributed by atoms with van der Waals surface area (Å²) in [7, 11) is 0. The Morgan fingerprint density at radius 3 is 2.04 bits per heavy atom. The van der Waals surface area contributed by atoms with E-state index in [1.165, 1.54) is 0 Å². The SMILES string of the molecule is CCN(CC)CCOc1ccc(OCCOc2ccc(I)cc2Cl)cc1Cl. The van der Waals surface area contributed by atoms with Crippen molar-refractivity contribution in [3.8, 4) is 17.2 Å². The van der Waals surface area contributed by atoms with Crippen molar-refractivity contribution in [2.75, 3.05) is 39.5 Å². The first kappa shape index (κ1) is 22.4. The lowest BCUT2D eigenvalue weighted by atomic mass is 10.3. The Balaban J connectivity index is 1.76. The van der Waals surface area contributed by atoms with Gasteiger partial charge in [-0.15, -0.1) is 0 Å². The van der Waals surface area contributed by atoms with Crippen LogP contribution in [-0.4, -0.2) is 44.4 Å². The minimum Gasteiger partial charge on any atom is -0.491 e. The van der Waals surface area contributed by atoms with Crippen molar-refractivity contribution in [3.63, 3.8) is 0 Å². The molecule has 0 saturated carbocycles. The van der Waals surface area contributed by atoms with Gasteiger partial charge in [-0.05, 0) is 66.0 Å². The Hall–Kier alpha value is -0.890. The van der Waals surface area contributed by atoms with Crippen LogP contribution in [-0.2, 0) is 0 Å². The summed E-state index contributed by atoms with van der Waals surface area (Å²) >= 11 is 14.6. The molecule has 2 aromatic carbocycles. The van der Waals surface area contributed by atoms with Gasteiger partial charge in [0.25, 0.3) is 0 Å². The molecule has 0 aliphatic carbocycles. The molecule has 4 nitrogen and oxygen atoms in total. The zero-order valence-electron chi connectivity index (χ0n) is 15.5. The lowest BCUT2D eigenvalue weighted by Gasteiger charge is -2.18. The van der Waals surface area contributed by atoms with E-state index in [4.69, 9.17) is 37.4 Å². The number of halogens is 3. The molecule has 2 aromatic rings. The van der Waals surface area contributed by atoms with Gasteiger partial charge in [-0.1, -0.05) is 37.0 Å². The first-order chi connectivity index (χ1) is 13.0. The Morgan fingerprint density at radius 2 is 1.41 bits per heavy atom. The predicted octanol–water partition coefficient (Wildman–Crippen LogP) is 5.78. The standard InChI is InChI=1S/C20H24Cl2INO3/c1-3-24(4-2)9-10-26-20-8-6-16(14-18(20)22)25-11-12-27-19-7-5-15(23)13-17(19)21/h5-8,13-14H,3-4,9-12H2,1-2H3. The van der Waals surface area contributed by atoms with Gasteiger partial charge in [0, 0.05) is 16.2 Å². The van der Waals surface area contributed by atoms with E-state index in [0.717, 1.165) is 23.2 Å². The van der Waals surface area contributed by atoms with E-state index < -0.39 is 0 Å². The molecule has 27 heavy (non-hydrogen) atoms. The second kappa shape index (κ2) is 11.8. The average Bonchev–Trinajstić information content (AvgIpc) is 2.65. The Labute approximate surface area is 184 Å². The van der Waals surface area contributed by atoms with E-state index >= 15 is 0 Å². The maximum absolute atomic E-state index is 6.29. The van der Waals surface area contributed by atoms with Crippen molar-refractivity contribution in [2.45, 2.75) is 13.8 Å². The van der Waals surface area contributed by atoms with E-state index in [9.17, 15) is 0 Å². The van der Waals surface area contributed by atoms with Gasteiger partial charge in [0.2, 0.25) is 0 Å². The quantitative estimate of drug-likeness (QED) is 0.276. The number of ether oxygens (including phenoxy) is 3. The number of nitrogens with zero attached hydrogens (tertiary/aromatic N) is 1. The van der Waals surface area contributed by atoms with E-state index in [1.807, 2.05) is 30.3 Å². The minimum absolute atomic E-state index is 0.389. The number of rotatable bonds is 11. The molecule has 0 saturated heterocycles. The third kappa shape index (κ3) is 7.56. The molecule has 0 bridgehead atoms. The molecule has 0 aromatic heterocycles. The molecule has 0 radical (unpaired) electrons. The molecule has 0 atom stereocenters. The monoisotopic (exact) mass is 523 g/mol. The fraction of sp³-hybridized carbons (Fsp3) is 0.400. The molecular weight excluding hydrogens is 500 g/mol. The number of likely N-dealkylation sites (N-methyl/N-ethyl adjacent to an activating group) is 1. The van der Waals surface area contributed by atoms with Gasteiger partial charge in [0.15, 0.2) is 0 Å². The summed E-state index contributed by atoms with van der Waals surface area (Å²) in [5.41, 5.74) is 0. The molecule has 0 amide bonds. The predicted molar refractivity (Wildman–Crippen MR) is 120 cm³/mol. The molecule has 0 aliphatic heterocycles. The topological polar surface area (TPSA) is 30.9 Å². The zero-order valence-corrected chi connectivity index (χ0v) is 19.2. The summed E-state index contributed by atoms with van der Waals surface area (Å²) in [6.45, 7) is 8.55. The molecular formula is C20H24Cl2INO3. The molecule has 2 rings (SSSR count). The van der Waals surface area contributed by atoms with E-state index in [1.54, 1.807) is 6.07 Å². The Morgan fingerprint density at radius 1 is 0.815 bits per heavy atom. The summed E-state index contributed by atoms with van der Waals surface area (Å²) in [5.74, 6) is 1.99. The highest BCUT2D eigenvalue weighted by Gasteiger charge is 2.06. The summed E-state index contributed by atoms with van der Waals surface area (Å²) in [4.78, 5) is 2.30. The molecule has 0 fully saturated rings. The summed E-state index contributed by atoms with van der Waals surface area (Å²) in [6, 6.07) is 11.1. The molecule has 0 heterocycles. The van der Waals surface area contributed by atoms with Crippen LogP contribution < -0.4 is 14.2 Å². The van der Waals surface area contributed by atoms with E-state index in [-0.39, 0.29) is 0 Å². The van der Waals surface area contributed by atoms with Crippen LogP contribution in [0.5, 0.6) is 17.2 Å². The second-order valence-corrected chi connectivity index (χ2v) is 7.80. The maximum Gasteiger partial charge on any atom is 0.138 e. The third-order valence-corrected chi connectivity index (χ3v) is 5.23. The maximum atomic E-state index is 6.29. The zero-order chi connectivity index (χ0) is 19.6. The van der Waals surface area contributed by atoms with Crippen molar-refractivity contribution in [1.82, 2.24) is 4.90 Å². The minimum atomic E-state index is 0.389. The highest BCUT2D eigenvalue weighted by molar-refractivity contribution is 14.1. The van der Waals surface area contributed by atoms with Gasteiger partial charge in [-0.2, -0.15) is 0 Å². The van der Waals surface area contributed by atoms with Crippen molar-refractivity contribution in [3.05, 3.63) is 50.0 Å². The van der Waals surface area contributed by atoms with Crippen LogP contribution >= 0.6 is 45.8 Å². The lowest BCUT2D eigenvalue weighted by Crippen LogP contribution is -2.27. The van der Waals surface area contributed by atoms with Crippen LogP contribution in [0, 0.1) is 3.57 Å². The van der Waals surface area contributed by atoms with Gasteiger partial charge in [-0.3, -0.25) is 0 Å². The second-order valence-electron chi connectivity index (χ2n) is 5.74. The summed E-state index contributed by atoms with van der Waals surface area (Å²) < 4.78 is 18.2. The Kier molecular flexibility index (Phi) is 9.82. The van der Waals surface area contributed by atoms with Crippen LogP contribution in [0.4, 0.5) is 0 Å². The van der Waals surface area contributed by atoms with Crippen molar-refractivity contribution in [2.24, 2.45) is 0 Å². The first-order valence-corrected chi connectivity index (χ1v) is 10.7. The van der Waals surface area contributed by atoms with Crippen LogP contribution in [0.25, 0.3) is 0 Å². The van der Waals surface area contributed by atoms with Crippen molar-refractivity contribution in [1.29, 1.82) is 0 Å². The third-order valence-electron chi connectivity index (χ3n) is 3.97. The van der Waals surface area contributed by atoms with Crippen LogP contribution in [0.3, 0.4) is 0 Å². The van der Waals surface area contributed by atoms with E-state index in [2.05, 4.69) is 41.3 Å². The van der Waals surface area contributed by atoms with Gasteiger partial charge in [-0.25, -0.2) is 0 Å². The normalized spacial score (nSPS) is 10.9. The van der Waals surface area contributed by atoms with Gasteiger partial charge >= 0.3 is 0 Å². The van der Waals surface area contributed by atoms with Gasteiger partial charge < -0.3 is 19.1 Å². The average molecular weight is 524 g/mol. The Bertz CT molecular complexity index is 726. The van der Waals surface area contributed by atoms with E-state index in [0.29, 0.717) is 47.1 Å². The summed E-state index contributed by atoms with van der Waals surface area (Å²) in [5, 5.41) is 1.13. The fourth-order valence-electron chi connectivity index (χ4n) is 2.42. The van der Waals surface area contributed by atoms with Crippen molar-refractivity contribution < 1.29 is 14.2 Å². The van der Waals surface area contributed by atoms with Gasteiger partial charge in [0.1, 0.15) is 37.1 Å². The smallest absolute Gasteiger partial charge is 0.138 e. The van der Waals surface area contributed by atoms with Crippen LogP contribution in [0.1, 0.15) is 13.8 Å². The van der Waals surface area contributed by atoms with Crippen LogP contribution in [0.15, 0.2) is 36.4 Å². The summed E-state index contributed by atoms with van der Waals surface area (Å²) in [6.07, 6.45) is 0. The molecule has 148 valence electrons. The van der Waals surface area contributed by atoms with Gasteiger partial charge in [0.05, 0.1) is 10.0 Å². The lowest BCUT2D eigenvalue weighted by molar-refractivity contribution is 0.215. The number of benzene rings is 2. The molecule has 0 spiro atoms. The number of hydrogen-bond acceptors (Lipinski definition) is 4. The number of hydrogen-bond donors (Lipinski definition) is 0. The largest absolute Gasteiger partial charge is 0.491 e. The highest BCUT2D eigenvalue weighted by Crippen LogP contribution is 2.29. The highest BCUT2D eigenvalue weighted by atomic mass is 127. The molecule has 0 aliphatic rings. The fourth-order valence-corrected chi connectivity index (χ4v) is 3.55. The molecule has 7 heteroatoms. The van der Waals surface area contributed by atoms with Crippen LogP contribution in [0.2, 0.25) is 10.0 Å². The molecule has 0 unspecified atom stereocenters. The molecule has 0 N–H and O–H groups in total. The van der Waals surface area contributed by atoms with Crippen molar-refractivity contribution >= 4 is 45.8 Å².